The Kier molecular flexibility index (Phi) is 3.65. The van der Waals surface area contributed by atoms with Crippen molar-refractivity contribution in [3.05, 3.63) is 46.3 Å². The van der Waals surface area contributed by atoms with Crippen LogP contribution in [0, 0.1) is 10.1 Å². The lowest BCUT2D eigenvalue weighted by Crippen LogP contribution is -2.03. The van der Waals surface area contributed by atoms with Crippen LogP contribution in [0.25, 0.3) is 5.69 Å². The van der Waals surface area contributed by atoms with Crippen LogP contribution in [-0.2, 0) is 4.74 Å². The van der Waals surface area contributed by atoms with E-state index in [0.29, 0.717) is 5.69 Å². The van der Waals surface area contributed by atoms with Crippen molar-refractivity contribution in [3.63, 3.8) is 0 Å². The van der Waals surface area contributed by atoms with Gasteiger partial charge >= 0.3 is 5.97 Å². The fraction of sp³-hybridized carbons (Fsp3) is 0.167. The summed E-state index contributed by atoms with van der Waals surface area (Å²) in [5.41, 5.74) is 6.36. The number of nitrogens with two attached hydrogens (primary N) is 1. The molecule has 0 bridgehead atoms. The van der Waals surface area contributed by atoms with Gasteiger partial charge < -0.3 is 10.5 Å². The summed E-state index contributed by atoms with van der Waals surface area (Å²) in [6.07, 6.45) is 2.75. The van der Waals surface area contributed by atoms with Crippen molar-refractivity contribution in [1.82, 2.24) is 9.78 Å². The summed E-state index contributed by atoms with van der Waals surface area (Å²) in [5.74, 6) is -0.503. The second-order valence-corrected chi connectivity index (χ2v) is 3.93. The SMILES string of the molecule is CCOC(=O)c1cnn(-c2cc(N)cc([N+](=O)[O-])c2)c1. The van der Waals surface area contributed by atoms with E-state index in [9.17, 15) is 14.9 Å². The van der Waals surface area contributed by atoms with Crippen molar-refractivity contribution in [3.8, 4) is 5.69 Å². The largest absolute Gasteiger partial charge is 0.462 e. The maximum Gasteiger partial charge on any atom is 0.341 e. The highest BCUT2D eigenvalue weighted by molar-refractivity contribution is 5.88. The van der Waals surface area contributed by atoms with Crippen LogP contribution in [0.5, 0.6) is 0 Å². The Morgan fingerprint density at radius 2 is 2.25 bits per heavy atom. The standard InChI is InChI=1S/C12H12N4O4/c1-2-20-12(17)8-6-14-15(7-8)10-3-9(13)4-11(5-10)16(18)19/h3-7H,2,13H2,1H3. The van der Waals surface area contributed by atoms with Gasteiger partial charge in [0.05, 0.1) is 29.0 Å². The van der Waals surface area contributed by atoms with E-state index in [1.54, 1.807) is 6.92 Å². The summed E-state index contributed by atoms with van der Waals surface area (Å²) in [7, 11) is 0. The van der Waals surface area contributed by atoms with Gasteiger partial charge in [0.1, 0.15) is 0 Å². The maximum atomic E-state index is 11.5. The van der Waals surface area contributed by atoms with Crippen molar-refractivity contribution >= 4 is 17.3 Å². The minimum atomic E-state index is -0.546. The van der Waals surface area contributed by atoms with E-state index in [1.165, 1.54) is 35.3 Å². The van der Waals surface area contributed by atoms with E-state index < -0.39 is 10.9 Å². The number of anilines is 1. The Hall–Kier alpha value is -2.90. The van der Waals surface area contributed by atoms with Crippen LogP contribution in [0.15, 0.2) is 30.6 Å². The fourth-order valence-electron chi connectivity index (χ4n) is 1.64. The lowest BCUT2D eigenvalue weighted by Gasteiger charge is -2.03. The second-order valence-electron chi connectivity index (χ2n) is 3.93. The Morgan fingerprint density at radius 3 is 2.90 bits per heavy atom. The molecular weight excluding hydrogens is 264 g/mol. The molecule has 1 heterocycles. The number of nitro groups is 1. The number of hydrogen-bond acceptors (Lipinski definition) is 6. The van der Waals surface area contributed by atoms with Gasteiger partial charge in [0.25, 0.3) is 5.69 Å². The third-order valence-electron chi connectivity index (χ3n) is 2.49. The molecule has 2 rings (SSSR count). The average molecular weight is 276 g/mol. The van der Waals surface area contributed by atoms with Crippen molar-refractivity contribution in [2.24, 2.45) is 0 Å². The highest BCUT2D eigenvalue weighted by Gasteiger charge is 2.13. The third-order valence-corrected chi connectivity index (χ3v) is 2.49. The summed E-state index contributed by atoms with van der Waals surface area (Å²) < 4.78 is 6.17. The van der Waals surface area contributed by atoms with Gasteiger partial charge in [-0.15, -0.1) is 0 Å². The summed E-state index contributed by atoms with van der Waals surface area (Å²) in [6.45, 7) is 1.96. The average Bonchev–Trinajstić information content (AvgIpc) is 2.88. The number of ether oxygens (including phenoxy) is 1. The molecule has 2 aromatic rings. The van der Waals surface area contributed by atoms with E-state index in [4.69, 9.17) is 10.5 Å². The van der Waals surface area contributed by atoms with Crippen LogP contribution in [0.1, 0.15) is 17.3 Å². The number of esters is 1. The Labute approximate surface area is 113 Å². The Balaban J connectivity index is 2.37. The van der Waals surface area contributed by atoms with Gasteiger partial charge in [-0.25, -0.2) is 9.48 Å². The number of hydrogen-bond donors (Lipinski definition) is 1. The molecule has 0 atom stereocenters. The van der Waals surface area contributed by atoms with Crippen LogP contribution in [0.3, 0.4) is 0 Å². The molecule has 0 aliphatic rings. The first-order chi connectivity index (χ1) is 9.51. The summed E-state index contributed by atoms with van der Waals surface area (Å²) in [5, 5.41) is 14.8. The first-order valence-electron chi connectivity index (χ1n) is 5.78. The first kappa shape index (κ1) is 13.5. The summed E-state index contributed by atoms with van der Waals surface area (Å²) >= 11 is 0. The number of carbonyl (C=O) groups is 1. The van der Waals surface area contributed by atoms with Gasteiger partial charge in [0.2, 0.25) is 0 Å². The molecule has 1 aromatic carbocycles. The van der Waals surface area contributed by atoms with E-state index in [1.807, 2.05) is 0 Å². The molecule has 104 valence electrons. The predicted molar refractivity (Wildman–Crippen MR) is 70.6 cm³/mol. The lowest BCUT2D eigenvalue weighted by atomic mass is 10.2. The molecule has 0 fully saturated rings. The van der Waals surface area contributed by atoms with Gasteiger partial charge in [-0.3, -0.25) is 10.1 Å². The highest BCUT2D eigenvalue weighted by atomic mass is 16.6. The Morgan fingerprint density at radius 1 is 1.50 bits per heavy atom. The van der Waals surface area contributed by atoms with Gasteiger partial charge in [0, 0.05) is 24.0 Å². The number of benzene rings is 1. The van der Waals surface area contributed by atoms with Crippen LogP contribution >= 0.6 is 0 Å². The molecule has 1 aromatic heterocycles. The summed E-state index contributed by atoms with van der Waals surface area (Å²) in [6, 6.07) is 4.09. The molecule has 0 spiro atoms. The first-order valence-corrected chi connectivity index (χ1v) is 5.78. The molecule has 0 unspecified atom stereocenters. The van der Waals surface area contributed by atoms with E-state index in [-0.39, 0.29) is 23.5 Å². The molecular formula is C12H12N4O4. The molecule has 0 amide bonds. The van der Waals surface area contributed by atoms with Crippen LogP contribution < -0.4 is 5.73 Å². The minimum Gasteiger partial charge on any atom is -0.462 e. The number of aromatic nitrogens is 2. The van der Waals surface area contributed by atoms with Gasteiger partial charge in [0.15, 0.2) is 0 Å². The minimum absolute atomic E-state index is 0.145. The van der Waals surface area contributed by atoms with Crippen molar-refractivity contribution in [1.29, 1.82) is 0 Å². The zero-order valence-electron chi connectivity index (χ0n) is 10.6. The van der Waals surface area contributed by atoms with E-state index in [0.717, 1.165) is 0 Å². The van der Waals surface area contributed by atoms with Gasteiger partial charge in [-0.05, 0) is 13.0 Å². The van der Waals surface area contributed by atoms with Crippen molar-refractivity contribution in [2.75, 3.05) is 12.3 Å². The van der Waals surface area contributed by atoms with Crippen LogP contribution in [0.2, 0.25) is 0 Å². The number of nitrogens with zero attached hydrogens (tertiary/aromatic N) is 3. The predicted octanol–water partition coefficient (Wildman–Crippen LogP) is 1.54. The van der Waals surface area contributed by atoms with E-state index >= 15 is 0 Å². The van der Waals surface area contributed by atoms with Gasteiger partial charge in [-0.1, -0.05) is 0 Å². The number of nitro benzene ring substituents is 1. The molecule has 2 N–H and O–H groups in total. The molecule has 0 radical (unpaired) electrons. The number of nitrogen functional groups attached to an aromatic ring is 1. The van der Waals surface area contributed by atoms with E-state index in [2.05, 4.69) is 5.10 Å². The summed E-state index contributed by atoms with van der Waals surface area (Å²) in [4.78, 5) is 21.8. The highest BCUT2D eigenvalue weighted by Crippen LogP contribution is 2.21. The normalized spacial score (nSPS) is 10.2. The smallest absolute Gasteiger partial charge is 0.341 e. The Bertz CT molecular complexity index is 665. The number of carbonyl (C=O) groups excluding carboxylic acids is 1. The fourth-order valence-corrected chi connectivity index (χ4v) is 1.64. The van der Waals surface area contributed by atoms with Crippen LogP contribution in [-0.4, -0.2) is 27.3 Å². The zero-order chi connectivity index (χ0) is 14.7. The lowest BCUT2D eigenvalue weighted by molar-refractivity contribution is -0.384. The van der Waals surface area contributed by atoms with Crippen molar-refractivity contribution < 1.29 is 14.5 Å². The molecule has 0 aliphatic carbocycles. The second kappa shape index (κ2) is 5.39. The topological polar surface area (TPSA) is 113 Å². The molecule has 20 heavy (non-hydrogen) atoms. The molecule has 0 saturated carbocycles. The molecule has 0 saturated heterocycles. The van der Waals surface area contributed by atoms with Gasteiger partial charge in [-0.2, -0.15) is 5.10 Å². The molecule has 8 nitrogen and oxygen atoms in total. The maximum absolute atomic E-state index is 11.5. The zero-order valence-corrected chi connectivity index (χ0v) is 10.6. The number of non-ortho nitro benzene ring substituents is 1. The molecule has 0 aliphatic heterocycles. The quantitative estimate of drug-likeness (QED) is 0.392. The van der Waals surface area contributed by atoms with Crippen molar-refractivity contribution in [2.45, 2.75) is 6.92 Å². The molecule has 8 heteroatoms. The van der Waals surface area contributed by atoms with Crippen LogP contribution in [0.4, 0.5) is 11.4 Å². The number of rotatable bonds is 4. The monoisotopic (exact) mass is 276 g/mol. The third kappa shape index (κ3) is 2.74.